The van der Waals surface area contributed by atoms with Gasteiger partial charge in [-0.05, 0) is 43.9 Å². The maximum atomic E-state index is 6.30. The Morgan fingerprint density at radius 2 is 1.86 bits per heavy atom. The minimum Gasteiger partial charge on any atom is -0.374 e. The van der Waals surface area contributed by atoms with Gasteiger partial charge in [0, 0.05) is 16.7 Å². The standard InChI is InChI=1S/C16H24Cl2N2O/c1-2-21-16(9-4-3-5-10-16)15(20-19)11-12-13(17)7-6-8-14(12)18/h6-8,15,20H,2-5,9-11,19H2,1H3. The zero-order valence-corrected chi connectivity index (χ0v) is 14.0. The van der Waals surface area contributed by atoms with Crippen molar-refractivity contribution in [1.29, 1.82) is 0 Å². The first-order valence-electron chi connectivity index (χ1n) is 7.66. The molecule has 0 amide bonds. The van der Waals surface area contributed by atoms with Crippen LogP contribution >= 0.6 is 23.2 Å². The largest absolute Gasteiger partial charge is 0.374 e. The lowest BCUT2D eigenvalue weighted by Crippen LogP contribution is -2.57. The minimum atomic E-state index is -0.218. The molecule has 0 radical (unpaired) electrons. The Morgan fingerprint density at radius 3 is 2.38 bits per heavy atom. The van der Waals surface area contributed by atoms with Crippen molar-refractivity contribution in [2.75, 3.05) is 6.61 Å². The molecule has 0 saturated heterocycles. The van der Waals surface area contributed by atoms with E-state index in [1.165, 1.54) is 19.3 Å². The van der Waals surface area contributed by atoms with Crippen LogP contribution in [0.2, 0.25) is 10.0 Å². The molecule has 21 heavy (non-hydrogen) atoms. The second-order valence-corrected chi connectivity index (χ2v) is 6.50. The molecule has 3 nitrogen and oxygen atoms in total. The van der Waals surface area contributed by atoms with Crippen LogP contribution in [-0.2, 0) is 11.2 Å². The molecule has 1 fully saturated rings. The monoisotopic (exact) mass is 330 g/mol. The molecule has 1 saturated carbocycles. The van der Waals surface area contributed by atoms with Gasteiger partial charge in [0.25, 0.3) is 0 Å². The summed E-state index contributed by atoms with van der Waals surface area (Å²) in [7, 11) is 0. The number of nitrogens with two attached hydrogens (primary N) is 1. The van der Waals surface area contributed by atoms with E-state index in [0.29, 0.717) is 23.1 Å². The van der Waals surface area contributed by atoms with E-state index in [1.807, 2.05) is 25.1 Å². The normalized spacial score (nSPS) is 19.4. The highest BCUT2D eigenvalue weighted by molar-refractivity contribution is 6.36. The Hall–Kier alpha value is -0.320. The van der Waals surface area contributed by atoms with Crippen LogP contribution in [-0.4, -0.2) is 18.2 Å². The van der Waals surface area contributed by atoms with Crippen LogP contribution in [0.25, 0.3) is 0 Å². The van der Waals surface area contributed by atoms with Gasteiger partial charge in [-0.15, -0.1) is 0 Å². The Kier molecular flexibility index (Phi) is 6.33. The molecule has 1 aromatic carbocycles. The van der Waals surface area contributed by atoms with E-state index in [-0.39, 0.29) is 11.6 Å². The van der Waals surface area contributed by atoms with E-state index in [4.69, 9.17) is 33.8 Å². The summed E-state index contributed by atoms with van der Waals surface area (Å²) in [6.07, 6.45) is 6.34. The quantitative estimate of drug-likeness (QED) is 0.609. The third-order valence-corrected chi connectivity index (χ3v) is 5.15. The molecule has 0 bridgehead atoms. The van der Waals surface area contributed by atoms with E-state index >= 15 is 0 Å². The zero-order valence-electron chi connectivity index (χ0n) is 12.5. The van der Waals surface area contributed by atoms with Crippen LogP contribution in [0.15, 0.2) is 18.2 Å². The van der Waals surface area contributed by atoms with Crippen molar-refractivity contribution in [2.45, 2.75) is 57.1 Å². The van der Waals surface area contributed by atoms with E-state index < -0.39 is 0 Å². The number of nitrogens with one attached hydrogen (secondary N) is 1. The SMILES string of the molecule is CCOC1(C(Cc2c(Cl)cccc2Cl)NN)CCCCC1. The molecular formula is C16H24Cl2N2O. The van der Waals surface area contributed by atoms with Crippen LogP contribution in [0.3, 0.4) is 0 Å². The summed E-state index contributed by atoms with van der Waals surface area (Å²) < 4.78 is 6.15. The molecule has 1 aromatic rings. The summed E-state index contributed by atoms with van der Waals surface area (Å²) in [5.41, 5.74) is 3.68. The molecule has 1 aliphatic carbocycles. The Morgan fingerprint density at radius 1 is 1.24 bits per heavy atom. The van der Waals surface area contributed by atoms with Gasteiger partial charge in [-0.3, -0.25) is 11.3 Å². The second-order valence-electron chi connectivity index (χ2n) is 5.68. The second kappa shape index (κ2) is 7.80. The average molecular weight is 331 g/mol. The molecule has 118 valence electrons. The first-order valence-corrected chi connectivity index (χ1v) is 8.41. The van der Waals surface area contributed by atoms with Gasteiger partial charge >= 0.3 is 0 Å². The summed E-state index contributed by atoms with van der Waals surface area (Å²) >= 11 is 12.6. The molecule has 1 atom stereocenters. The third kappa shape index (κ3) is 3.91. The summed E-state index contributed by atoms with van der Waals surface area (Å²) in [5.74, 6) is 5.85. The molecule has 0 heterocycles. The number of halogens is 2. The lowest BCUT2D eigenvalue weighted by Gasteiger charge is -2.43. The molecule has 0 aliphatic heterocycles. The van der Waals surface area contributed by atoms with Gasteiger partial charge in [0.15, 0.2) is 0 Å². The zero-order chi connectivity index (χ0) is 15.3. The van der Waals surface area contributed by atoms with Crippen molar-refractivity contribution in [2.24, 2.45) is 5.84 Å². The van der Waals surface area contributed by atoms with Crippen molar-refractivity contribution in [3.8, 4) is 0 Å². The van der Waals surface area contributed by atoms with Gasteiger partial charge in [0.1, 0.15) is 0 Å². The number of rotatable bonds is 6. The molecule has 5 heteroatoms. The first-order chi connectivity index (χ1) is 10.1. The third-order valence-electron chi connectivity index (χ3n) is 4.44. The number of benzene rings is 1. The molecule has 1 aliphatic rings. The number of hydrazine groups is 1. The van der Waals surface area contributed by atoms with Gasteiger partial charge in [0.05, 0.1) is 11.6 Å². The van der Waals surface area contributed by atoms with Crippen molar-refractivity contribution in [1.82, 2.24) is 5.43 Å². The highest BCUT2D eigenvalue weighted by Crippen LogP contribution is 2.37. The summed E-state index contributed by atoms with van der Waals surface area (Å²) in [4.78, 5) is 0. The molecular weight excluding hydrogens is 307 g/mol. The van der Waals surface area contributed by atoms with E-state index in [2.05, 4.69) is 5.43 Å². The summed E-state index contributed by atoms with van der Waals surface area (Å²) in [5, 5.41) is 1.37. The summed E-state index contributed by atoms with van der Waals surface area (Å²) in [6.45, 7) is 2.72. The summed E-state index contributed by atoms with van der Waals surface area (Å²) in [6, 6.07) is 5.60. The maximum absolute atomic E-state index is 6.30. The molecule has 0 aromatic heterocycles. The fourth-order valence-corrected chi connectivity index (χ4v) is 3.91. The van der Waals surface area contributed by atoms with Gasteiger partial charge in [-0.2, -0.15) is 0 Å². The van der Waals surface area contributed by atoms with E-state index in [9.17, 15) is 0 Å². The van der Waals surface area contributed by atoms with Gasteiger partial charge in [-0.1, -0.05) is 48.5 Å². The smallest absolute Gasteiger partial charge is 0.0851 e. The van der Waals surface area contributed by atoms with E-state index in [1.54, 1.807) is 0 Å². The topological polar surface area (TPSA) is 47.3 Å². The fourth-order valence-electron chi connectivity index (χ4n) is 3.36. The minimum absolute atomic E-state index is 0.00940. The van der Waals surface area contributed by atoms with E-state index in [0.717, 1.165) is 18.4 Å². The van der Waals surface area contributed by atoms with Crippen molar-refractivity contribution in [3.05, 3.63) is 33.8 Å². The number of ether oxygens (including phenoxy) is 1. The Labute approximate surface area is 137 Å². The highest BCUT2D eigenvalue weighted by Gasteiger charge is 2.40. The van der Waals surface area contributed by atoms with Crippen LogP contribution in [0, 0.1) is 0 Å². The van der Waals surface area contributed by atoms with Crippen LogP contribution in [0.4, 0.5) is 0 Å². The lowest BCUT2D eigenvalue weighted by atomic mass is 9.77. The van der Waals surface area contributed by atoms with Crippen molar-refractivity contribution in [3.63, 3.8) is 0 Å². The molecule has 0 spiro atoms. The molecule has 1 unspecified atom stereocenters. The average Bonchev–Trinajstić information content (AvgIpc) is 2.48. The Balaban J connectivity index is 2.24. The van der Waals surface area contributed by atoms with Gasteiger partial charge in [0.2, 0.25) is 0 Å². The lowest BCUT2D eigenvalue weighted by molar-refractivity contribution is -0.0898. The Bertz CT molecular complexity index is 436. The van der Waals surface area contributed by atoms with Crippen LogP contribution < -0.4 is 11.3 Å². The van der Waals surface area contributed by atoms with Crippen molar-refractivity contribution < 1.29 is 4.74 Å². The fraction of sp³-hybridized carbons (Fsp3) is 0.625. The van der Waals surface area contributed by atoms with Crippen LogP contribution in [0.5, 0.6) is 0 Å². The maximum Gasteiger partial charge on any atom is 0.0851 e. The molecule has 2 rings (SSSR count). The number of hydrogen-bond acceptors (Lipinski definition) is 3. The number of hydrogen-bond donors (Lipinski definition) is 2. The van der Waals surface area contributed by atoms with Crippen LogP contribution in [0.1, 0.15) is 44.6 Å². The predicted octanol–water partition coefficient (Wildman–Crippen LogP) is 4.11. The predicted molar refractivity (Wildman–Crippen MR) is 88.7 cm³/mol. The first kappa shape index (κ1) is 17.0. The highest BCUT2D eigenvalue weighted by atomic mass is 35.5. The van der Waals surface area contributed by atoms with Gasteiger partial charge < -0.3 is 4.74 Å². The van der Waals surface area contributed by atoms with Gasteiger partial charge in [-0.25, -0.2) is 0 Å². The van der Waals surface area contributed by atoms with Crippen molar-refractivity contribution >= 4 is 23.2 Å². The molecule has 3 N–H and O–H groups in total.